The van der Waals surface area contributed by atoms with Gasteiger partial charge in [-0.25, -0.2) is 48.2 Å². The number of imidazole rings is 2. The highest BCUT2D eigenvalue weighted by molar-refractivity contribution is 7.69. The van der Waals surface area contributed by atoms with Crippen LogP contribution in [-0.4, -0.2) is 106 Å². The molecule has 0 spiro atoms. The first-order valence-electron chi connectivity index (χ1n) is 14.1. The molecule has 2 fully saturated rings. The summed E-state index contributed by atoms with van der Waals surface area (Å²) in [6.45, 7) is -1.84. The van der Waals surface area contributed by atoms with Gasteiger partial charge in [0.05, 0.1) is 38.1 Å². The van der Waals surface area contributed by atoms with Gasteiger partial charge in [-0.1, -0.05) is 0 Å². The minimum Gasteiger partial charge on any atom is -0.390 e. The number of fused-ring (bicyclic) bond motifs is 2. The molecule has 6 rings (SSSR count). The van der Waals surface area contributed by atoms with E-state index < -0.39 is 81.4 Å². The van der Waals surface area contributed by atoms with E-state index >= 15 is 0 Å². The van der Waals surface area contributed by atoms with Crippen LogP contribution in [0.3, 0.4) is 0 Å². The molecule has 0 radical (unpaired) electrons. The van der Waals surface area contributed by atoms with Crippen LogP contribution in [0.1, 0.15) is 25.3 Å². The van der Waals surface area contributed by atoms with E-state index in [4.69, 9.17) is 20.9 Å². The fourth-order valence-electron chi connectivity index (χ4n) is 5.04. The average Bonchev–Trinajstić information content (AvgIpc) is 3.79. The van der Waals surface area contributed by atoms with Crippen LogP contribution in [0.15, 0.2) is 25.3 Å². The minimum absolute atomic E-state index is 0.0782. The molecule has 4 unspecified atom stereocenters. The van der Waals surface area contributed by atoms with Gasteiger partial charge in [-0.05, 0) is 0 Å². The van der Waals surface area contributed by atoms with Crippen LogP contribution in [0.2, 0.25) is 0 Å². The summed E-state index contributed by atoms with van der Waals surface area (Å²) in [5, 5.41) is 20.8. The van der Waals surface area contributed by atoms with Crippen LogP contribution >= 0.6 is 31.3 Å². The number of ether oxygens (including phenoxy) is 2. The Hall–Kier alpha value is -2.90. The predicted octanol–water partition coefficient (Wildman–Crippen LogP) is -0.388. The van der Waals surface area contributed by atoms with Crippen molar-refractivity contribution in [1.29, 1.82) is 0 Å². The van der Waals surface area contributed by atoms with Gasteiger partial charge in [0.15, 0.2) is 22.9 Å². The second-order valence-electron chi connectivity index (χ2n) is 10.7. The van der Waals surface area contributed by atoms with E-state index in [2.05, 4.69) is 51.9 Å². The molecule has 6 heterocycles. The molecule has 31 heteroatoms. The number of hydrogen-bond acceptors (Lipinski definition) is 21. The number of nitrogens with zero attached hydrogens (tertiary/aromatic N) is 8. The van der Waals surface area contributed by atoms with Crippen molar-refractivity contribution in [2.75, 3.05) is 24.7 Å². The second-order valence-corrected chi connectivity index (χ2v) is 17.0. The Morgan fingerprint density at radius 3 is 1.41 bits per heavy atom. The molecule has 4 aromatic heterocycles. The monoisotopic (exact) mass is 804 g/mol. The highest BCUT2D eigenvalue weighted by atomic mass is 31.3. The van der Waals surface area contributed by atoms with Crippen molar-refractivity contribution < 1.29 is 79.5 Å². The van der Waals surface area contributed by atoms with Crippen LogP contribution in [0.25, 0.3) is 22.3 Å². The molecule has 10 N–H and O–H groups in total. The largest absolute Gasteiger partial charge is 0.490 e. The molecule has 2 aliphatic heterocycles. The topological polar surface area (TPSA) is 394 Å². The third-order valence-electron chi connectivity index (χ3n) is 7.23. The number of aliphatic hydroxyl groups is 2. The maximum Gasteiger partial charge on any atom is 0.490 e. The van der Waals surface area contributed by atoms with E-state index in [9.17, 15) is 48.0 Å². The van der Waals surface area contributed by atoms with Crippen molar-refractivity contribution in [3.8, 4) is 0 Å². The zero-order chi connectivity index (χ0) is 36.9. The van der Waals surface area contributed by atoms with Crippen molar-refractivity contribution in [2.24, 2.45) is 0 Å². The molecule has 27 nitrogen and oxygen atoms in total. The van der Waals surface area contributed by atoms with Crippen LogP contribution in [-0.2, 0) is 49.7 Å². The minimum atomic E-state index is -6.09. The Bertz CT molecular complexity index is 1970. The summed E-state index contributed by atoms with van der Waals surface area (Å²) in [6.07, 6.45) is -2.30. The summed E-state index contributed by atoms with van der Waals surface area (Å²) in [4.78, 5) is 63.5. The molecule has 0 saturated carbocycles. The number of nitrogen functional groups attached to an aromatic ring is 2. The van der Waals surface area contributed by atoms with Crippen LogP contribution in [0, 0.1) is 0 Å². The Balaban J connectivity index is 0.989. The first-order chi connectivity index (χ1) is 23.8. The van der Waals surface area contributed by atoms with Gasteiger partial charge in [-0.3, -0.25) is 18.2 Å². The number of nitrogens with two attached hydrogens (primary N) is 2. The Morgan fingerprint density at radius 2 is 1.02 bits per heavy atom. The Morgan fingerprint density at radius 1 is 0.647 bits per heavy atom. The normalized spacial score (nSPS) is 28.7. The number of phosphoric acid groups is 4. The number of aromatic nitrogens is 8. The number of hydrogen-bond donors (Lipinski definition) is 8. The van der Waals surface area contributed by atoms with Gasteiger partial charge in [0, 0.05) is 12.8 Å². The molecule has 0 aliphatic carbocycles. The number of anilines is 2. The number of phosphoric ester groups is 2. The molecular formula is C20H28N10O17P4. The van der Waals surface area contributed by atoms with Crippen molar-refractivity contribution in [3.63, 3.8) is 0 Å². The smallest absolute Gasteiger partial charge is 0.390 e. The summed E-state index contributed by atoms with van der Waals surface area (Å²) in [5.41, 5.74) is 12.5. The summed E-state index contributed by atoms with van der Waals surface area (Å²) in [7, 11) is -23.5. The van der Waals surface area contributed by atoms with Crippen LogP contribution in [0.4, 0.5) is 11.6 Å². The fourth-order valence-corrected chi connectivity index (χ4v) is 9.99. The highest BCUT2D eigenvalue weighted by Gasteiger charge is 2.47. The van der Waals surface area contributed by atoms with Crippen LogP contribution < -0.4 is 11.5 Å². The summed E-state index contributed by atoms with van der Waals surface area (Å²) >= 11 is 0. The van der Waals surface area contributed by atoms with Gasteiger partial charge in [0.25, 0.3) is 0 Å². The average molecular weight is 804 g/mol. The van der Waals surface area contributed by atoms with E-state index in [0.29, 0.717) is 0 Å². The van der Waals surface area contributed by atoms with Gasteiger partial charge in [0.1, 0.15) is 48.4 Å². The van der Waals surface area contributed by atoms with E-state index in [1.54, 1.807) is 0 Å². The maximum atomic E-state index is 12.4. The molecule has 0 aromatic carbocycles. The second kappa shape index (κ2) is 14.2. The zero-order valence-electron chi connectivity index (χ0n) is 25.3. The van der Waals surface area contributed by atoms with Crippen molar-refractivity contribution in [3.05, 3.63) is 25.3 Å². The third-order valence-corrected chi connectivity index (χ3v) is 13.1. The molecule has 4 aromatic rings. The lowest BCUT2D eigenvalue weighted by Crippen LogP contribution is -2.26. The summed E-state index contributed by atoms with van der Waals surface area (Å²) in [5.74, 6) is 0.156. The van der Waals surface area contributed by atoms with Gasteiger partial charge >= 0.3 is 31.3 Å². The zero-order valence-corrected chi connectivity index (χ0v) is 28.9. The van der Waals surface area contributed by atoms with E-state index in [1.165, 1.54) is 34.4 Å². The van der Waals surface area contributed by atoms with Crippen molar-refractivity contribution in [2.45, 2.75) is 49.7 Å². The molecular weight excluding hydrogens is 776 g/mol. The molecule has 280 valence electrons. The Kier molecular flexibility index (Phi) is 10.5. The summed E-state index contributed by atoms with van der Waals surface area (Å²) in [6, 6.07) is 0. The molecule has 10 atom stereocenters. The van der Waals surface area contributed by atoms with E-state index in [0.717, 1.165) is 0 Å². The van der Waals surface area contributed by atoms with Crippen molar-refractivity contribution in [1.82, 2.24) is 39.0 Å². The number of rotatable bonds is 14. The van der Waals surface area contributed by atoms with Crippen molar-refractivity contribution >= 4 is 65.3 Å². The maximum absolute atomic E-state index is 12.4. The summed E-state index contributed by atoms with van der Waals surface area (Å²) < 4.78 is 84.4. The number of aliphatic hydroxyl groups excluding tert-OH is 2. The molecule has 0 amide bonds. The lowest BCUT2D eigenvalue weighted by Gasteiger charge is -2.21. The fraction of sp³-hybridized carbons (Fsp3) is 0.500. The Labute approximate surface area is 283 Å². The van der Waals surface area contributed by atoms with Crippen LogP contribution in [0.5, 0.6) is 0 Å². The highest BCUT2D eigenvalue weighted by Crippen LogP contribution is 2.71. The molecule has 0 bridgehead atoms. The van der Waals surface area contributed by atoms with E-state index in [-0.39, 0.29) is 46.8 Å². The lowest BCUT2D eigenvalue weighted by molar-refractivity contribution is -0.0426. The van der Waals surface area contributed by atoms with Gasteiger partial charge in [0.2, 0.25) is 0 Å². The standard InChI is InChI=1S/C20H28N10O17P4/c21-17-15-19(25-5-23-17)29(7-27-15)13-1-9(31)11(43-13)3-41-48(33,34)45-50(37,38)47-51(39,40)46-49(35,36)42-4-12-10(32)2-14(44-12)30-8-28-16-18(22)24-6-26-20(16)30/h5-14,31-32H,1-4H2,(H,33,34)(H,35,36)(H,37,38)(H,39,40)(H2,21,23,25)(H2,22,24,26)/t9-,10-,11+,12+,13+,14+/m0/s1. The van der Waals surface area contributed by atoms with Gasteiger partial charge in [-0.15, -0.1) is 0 Å². The SMILES string of the molecule is Nc1ncnc2c1ncn2[C@H]1C[C@H](O)[C@@H](COP(=O)(O)OP(=O)(O)OP(=O)(O)OP(=O)(O)OC[C@H]2O[C@@H](n3cnc4c(N)ncnc43)C[C@@H]2O)O1. The molecule has 2 saturated heterocycles. The van der Waals surface area contributed by atoms with E-state index in [1.807, 2.05) is 0 Å². The molecule has 51 heavy (non-hydrogen) atoms. The predicted molar refractivity (Wildman–Crippen MR) is 163 cm³/mol. The lowest BCUT2D eigenvalue weighted by atomic mass is 10.2. The van der Waals surface area contributed by atoms with Gasteiger partial charge in [-0.2, -0.15) is 12.9 Å². The van der Waals surface area contributed by atoms with Gasteiger partial charge < -0.3 is 50.7 Å². The third kappa shape index (κ3) is 8.67. The first-order valence-corrected chi connectivity index (χ1v) is 20.1. The first kappa shape index (κ1) is 37.8. The quantitative estimate of drug-likeness (QED) is 0.0752. The molecule has 2 aliphatic rings.